The molecule has 0 spiro atoms. The molecule has 0 aliphatic carbocycles. The van der Waals surface area contributed by atoms with Crippen LogP contribution in [0.25, 0.3) is 0 Å². The number of methoxy groups -OCH3 is 1. The molecule has 6 heteroatoms. The summed E-state index contributed by atoms with van der Waals surface area (Å²) in [4.78, 5) is 26.4. The number of benzene rings is 2. The monoisotopic (exact) mass is 339 g/mol. The fraction of sp³-hybridized carbons (Fsp3) is 0.263. The first-order valence-corrected chi connectivity index (χ1v) is 8.16. The summed E-state index contributed by atoms with van der Waals surface area (Å²) in [6, 6.07) is 13.9. The lowest BCUT2D eigenvalue weighted by Gasteiger charge is -2.17. The third kappa shape index (κ3) is 3.91. The SMILES string of the molecule is COc1cccc(NC(=O)N[C@@H]2CCN(c3ccc(C)cc3)C2=O)c1. The standard InChI is InChI=1S/C19H21N3O3/c1-13-6-8-15(9-7-13)22-11-10-17(18(22)23)21-19(24)20-14-4-3-5-16(12-14)25-2/h3-9,12,17H,10-11H2,1-2H3,(H2,20,21,24)/t17-/m1/s1. The molecule has 25 heavy (non-hydrogen) atoms. The lowest BCUT2D eigenvalue weighted by molar-refractivity contribution is -0.118. The number of hydrogen-bond donors (Lipinski definition) is 2. The molecular weight excluding hydrogens is 318 g/mol. The van der Waals surface area contributed by atoms with E-state index in [4.69, 9.17) is 4.74 Å². The zero-order valence-electron chi connectivity index (χ0n) is 14.3. The lowest BCUT2D eigenvalue weighted by Crippen LogP contribution is -2.43. The van der Waals surface area contributed by atoms with Gasteiger partial charge in [0.1, 0.15) is 11.8 Å². The molecule has 0 aromatic heterocycles. The number of nitrogens with one attached hydrogen (secondary N) is 2. The highest BCUT2D eigenvalue weighted by Crippen LogP contribution is 2.22. The van der Waals surface area contributed by atoms with E-state index in [2.05, 4.69) is 10.6 Å². The number of aryl methyl sites for hydroxylation is 1. The summed E-state index contributed by atoms with van der Waals surface area (Å²) in [7, 11) is 1.57. The fourth-order valence-electron chi connectivity index (χ4n) is 2.82. The van der Waals surface area contributed by atoms with E-state index in [1.807, 2.05) is 31.2 Å². The second-order valence-electron chi connectivity index (χ2n) is 6.00. The molecule has 0 unspecified atom stereocenters. The van der Waals surface area contributed by atoms with Crippen molar-refractivity contribution in [2.45, 2.75) is 19.4 Å². The van der Waals surface area contributed by atoms with Crippen molar-refractivity contribution >= 4 is 23.3 Å². The average molecular weight is 339 g/mol. The van der Waals surface area contributed by atoms with Gasteiger partial charge in [-0.3, -0.25) is 4.79 Å². The molecule has 2 aromatic carbocycles. The highest BCUT2D eigenvalue weighted by molar-refractivity contribution is 6.02. The van der Waals surface area contributed by atoms with E-state index in [1.54, 1.807) is 36.3 Å². The molecule has 1 heterocycles. The summed E-state index contributed by atoms with van der Waals surface area (Å²) < 4.78 is 5.13. The minimum atomic E-state index is -0.521. The molecule has 3 rings (SSSR count). The van der Waals surface area contributed by atoms with Crippen LogP contribution < -0.4 is 20.3 Å². The quantitative estimate of drug-likeness (QED) is 0.900. The number of amides is 3. The van der Waals surface area contributed by atoms with Gasteiger partial charge < -0.3 is 20.3 Å². The second kappa shape index (κ2) is 7.25. The van der Waals surface area contributed by atoms with Gasteiger partial charge in [-0.2, -0.15) is 0 Å². The van der Waals surface area contributed by atoms with E-state index >= 15 is 0 Å². The Labute approximate surface area is 146 Å². The zero-order chi connectivity index (χ0) is 17.8. The Morgan fingerprint density at radius 3 is 2.68 bits per heavy atom. The molecule has 1 fully saturated rings. The van der Waals surface area contributed by atoms with Crippen molar-refractivity contribution in [1.82, 2.24) is 5.32 Å². The Morgan fingerprint density at radius 2 is 1.96 bits per heavy atom. The minimum Gasteiger partial charge on any atom is -0.497 e. The van der Waals surface area contributed by atoms with Gasteiger partial charge in [0, 0.05) is 24.0 Å². The Hall–Kier alpha value is -3.02. The van der Waals surface area contributed by atoms with Crippen molar-refractivity contribution in [2.75, 3.05) is 23.9 Å². The Balaban J connectivity index is 1.60. The minimum absolute atomic E-state index is 0.0929. The number of nitrogens with zero attached hydrogens (tertiary/aromatic N) is 1. The van der Waals surface area contributed by atoms with E-state index in [1.165, 1.54) is 0 Å². The van der Waals surface area contributed by atoms with Crippen molar-refractivity contribution < 1.29 is 14.3 Å². The van der Waals surface area contributed by atoms with Gasteiger partial charge in [-0.25, -0.2) is 4.79 Å². The Morgan fingerprint density at radius 1 is 1.20 bits per heavy atom. The van der Waals surface area contributed by atoms with Crippen LogP contribution in [0.15, 0.2) is 48.5 Å². The van der Waals surface area contributed by atoms with Gasteiger partial charge in [0.15, 0.2) is 0 Å². The van der Waals surface area contributed by atoms with E-state index in [0.717, 1.165) is 11.3 Å². The first kappa shape index (κ1) is 16.8. The molecule has 6 nitrogen and oxygen atoms in total. The van der Waals surface area contributed by atoms with Crippen molar-refractivity contribution in [2.24, 2.45) is 0 Å². The van der Waals surface area contributed by atoms with Crippen LogP contribution in [0.5, 0.6) is 5.75 Å². The first-order valence-electron chi connectivity index (χ1n) is 8.16. The predicted octanol–water partition coefficient (Wildman–Crippen LogP) is 2.93. The number of anilines is 2. The summed E-state index contributed by atoms with van der Waals surface area (Å²) in [5.74, 6) is 0.560. The van der Waals surface area contributed by atoms with Crippen molar-refractivity contribution in [3.8, 4) is 5.75 Å². The van der Waals surface area contributed by atoms with Crippen LogP contribution in [0.4, 0.5) is 16.2 Å². The lowest BCUT2D eigenvalue weighted by atomic mass is 10.2. The largest absolute Gasteiger partial charge is 0.497 e. The van der Waals surface area contributed by atoms with Crippen molar-refractivity contribution in [3.63, 3.8) is 0 Å². The molecule has 2 aromatic rings. The zero-order valence-corrected chi connectivity index (χ0v) is 14.3. The summed E-state index contributed by atoms with van der Waals surface area (Å²) in [6.45, 7) is 2.59. The highest BCUT2D eigenvalue weighted by Gasteiger charge is 2.33. The molecule has 1 saturated heterocycles. The molecule has 1 atom stereocenters. The predicted molar refractivity (Wildman–Crippen MR) is 97.1 cm³/mol. The van der Waals surface area contributed by atoms with Gasteiger partial charge in [0.25, 0.3) is 0 Å². The maximum atomic E-state index is 12.5. The van der Waals surface area contributed by atoms with Crippen molar-refractivity contribution in [1.29, 1.82) is 0 Å². The van der Waals surface area contributed by atoms with Crippen LogP contribution in [0, 0.1) is 6.92 Å². The number of carbonyl (C=O) groups is 2. The fourth-order valence-corrected chi connectivity index (χ4v) is 2.82. The number of carbonyl (C=O) groups excluding carboxylic acids is 2. The molecule has 3 amide bonds. The maximum Gasteiger partial charge on any atom is 0.319 e. The number of ether oxygens (including phenoxy) is 1. The van der Waals surface area contributed by atoms with E-state index < -0.39 is 12.1 Å². The van der Waals surface area contributed by atoms with E-state index in [9.17, 15) is 9.59 Å². The third-order valence-corrected chi connectivity index (χ3v) is 4.18. The molecule has 0 radical (unpaired) electrons. The number of urea groups is 1. The average Bonchev–Trinajstić information content (AvgIpc) is 2.96. The smallest absolute Gasteiger partial charge is 0.319 e. The van der Waals surface area contributed by atoms with Gasteiger partial charge in [-0.05, 0) is 37.6 Å². The number of rotatable bonds is 4. The van der Waals surface area contributed by atoms with Crippen molar-refractivity contribution in [3.05, 3.63) is 54.1 Å². The van der Waals surface area contributed by atoms with Crippen LogP contribution in [-0.2, 0) is 4.79 Å². The molecule has 0 saturated carbocycles. The van der Waals surface area contributed by atoms with Crippen LogP contribution in [-0.4, -0.2) is 31.6 Å². The molecule has 0 bridgehead atoms. The van der Waals surface area contributed by atoms with Crippen LogP contribution in [0.2, 0.25) is 0 Å². The Bertz CT molecular complexity index is 774. The highest BCUT2D eigenvalue weighted by atomic mass is 16.5. The number of hydrogen-bond acceptors (Lipinski definition) is 3. The van der Waals surface area contributed by atoms with Gasteiger partial charge in [0.2, 0.25) is 5.91 Å². The van der Waals surface area contributed by atoms with Gasteiger partial charge in [-0.15, -0.1) is 0 Å². The summed E-state index contributed by atoms with van der Waals surface area (Å²) in [5, 5.41) is 5.47. The van der Waals surface area contributed by atoms with Crippen LogP contribution in [0.1, 0.15) is 12.0 Å². The van der Waals surface area contributed by atoms with E-state index in [-0.39, 0.29) is 5.91 Å². The molecule has 2 N–H and O–H groups in total. The first-order chi connectivity index (χ1) is 12.1. The maximum absolute atomic E-state index is 12.5. The van der Waals surface area contributed by atoms with Gasteiger partial charge >= 0.3 is 6.03 Å². The Kier molecular flexibility index (Phi) is 4.88. The molecule has 1 aliphatic rings. The summed E-state index contributed by atoms with van der Waals surface area (Å²) in [6.07, 6.45) is 0.582. The summed E-state index contributed by atoms with van der Waals surface area (Å²) in [5.41, 5.74) is 2.61. The second-order valence-corrected chi connectivity index (χ2v) is 6.00. The van der Waals surface area contributed by atoms with Crippen LogP contribution >= 0.6 is 0 Å². The normalized spacial score (nSPS) is 16.6. The van der Waals surface area contributed by atoms with Gasteiger partial charge in [0.05, 0.1) is 7.11 Å². The molecule has 1 aliphatic heterocycles. The van der Waals surface area contributed by atoms with E-state index in [0.29, 0.717) is 24.4 Å². The topological polar surface area (TPSA) is 70.7 Å². The molecular formula is C19H21N3O3. The van der Waals surface area contributed by atoms with Gasteiger partial charge in [-0.1, -0.05) is 23.8 Å². The summed E-state index contributed by atoms with van der Waals surface area (Å²) >= 11 is 0. The third-order valence-electron chi connectivity index (χ3n) is 4.18. The van der Waals surface area contributed by atoms with Crippen LogP contribution in [0.3, 0.4) is 0 Å². The molecule has 130 valence electrons.